The third-order valence-electron chi connectivity index (χ3n) is 6.00. The summed E-state index contributed by atoms with van der Waals surface area (Å²) < 4.78 is 18.6. The Bertz CT molecular complexity index is 1200. The highest BCUT2D eigenvalue weighted by Crippen LogP contribution is 2.29. The zero-order valence-corrected chi connectivity index (χ0v) is 20.6. The summed E-state index contributed by atoms with van der Waals surface area (Å²) in [5.74, 6) is 6.64. The van der Waals surface area contributed by atoms with E-state index < -0.39 is 0 Å². The molecular weight excluding hydrogens is 454 g/mol. The Kier molecular flexibility index (Phi) is 9.69. The molecule has 3 heterocycles. The second-order valence-corrected chi connectivity index (χ2v) is 8.59. The maximum Gasteiger partial charge on any atom is 0.351 e. The Morgan fingerprint density at radius 2 is 2.14 bits per heavy atom. The van der Waals surface area contributed by atoms with Crippen molar-refractivity contribution >= 4 is 5.57 Å². The van der Waals surface area contributed by atoms with Gasteiger partial charge in [0.25, 0.3) is 0 Å². The van der Waals surface area contributed by atoms with Crippen molar-refractivity contribution in [1.82, 2.24) is 14.9 Å². The highest BCUT2D eigenvalue weighted by Gasteiger charge is 2.19. The van der Waals surface area contributed by atoms with Crippen molar-refractivity contribution in [2.24, 2.45) is 0 Å². The third kappa shape index (κ3) is 7.28. The average molecular weight is 488 g/mol. The lowest BCUT2D eigenvalue weighted by molar-refractivity contribution is -0.102. The average Bonchev–Trinajstić information content (AvgIpc) is 3.09. The van der Waals surface area contributed by atoms with E-state index in [1.54, 1.807) is 4.57 Å². The molecule has 188 valence electrons. The van der Waals surface area contributed by atoms with Crippen LogP contribution in [0.25, 0.3) is 5.57 Å². The van der Waals surface area contributed by atoms with E-state index in [0.717, 1.165) is 36.2 Å². The molecule has 0 saturated carbocycles. The zero-order valence-electron chi connectivity index (χ0n) is 20.6. The number of nitrogens with zero attached hydrogens (tertiary/aromatic N) is 2. The van der Waals surface area contributed by atoms with E-state index in [-0.39, 0.29) is 18.4 Å². The second kappa shape index (κ2) is 13.6. The first kappa shape index (κ1) is 25.6. The van der Waals surface area contributed by atoms with E-state index in [0.29, 0.717) is 45.2 Å². The number of hydrogen-bond acceptors (Lipinski definition) is 6. The van der Waals surface area contributed by atoms with Crippen LogP contribution in [0.5, 0.6) is 5.88 Å². The third-order valence-corrected chi connectivity index (χ3v) is 6.00. The summed E-state index contributed by atoms with van der Waals surface area (Å²) in [6.45, 7) is 7.92. The first-order valence-corrected chi connectivity index (χ1v) is 12.4. The summed E-state index contributed by atoms with van der Waals surface area (Å²) in [5.41, 5.74) is 3.75. The SMILES string of the molecule is C=CC1=C(/C=C\CC#CCNCc2ccccc2)c2cc(OCC3COCCO3)nc(=O)n2CCC1. The molecule has 1 aromatic heterocycles. The molecule has 36 heavy (non-hydrogen) atoms. The van der Waals surface area contributed by atoms with Crippen molar-refractivity contribution in [3.05, 3.63) is 88.5 Å². The molecule has 1 aromatic carbocycles. The molecule has 0 bridgehead atoms. The van der Waals surface area contributed by atoms with Crippen LogP contribution in [0.1, 0.15) is 30.5 Å². The van der Waals surface area contributed by atoms with Gasteiger partial charge in [-0.15, -0.1) is 0 Å². The van der Waals surface area contributed by atoms with Gasteiger partial charge in [0.15, 0.2) is 0 Å². The molecule has 7 nitrogen and oxygen atoms in total. The van der Waals surface area contributed by atoms with Crippen LogP contribution >= 0.6 is 0 Å². The van der Waals surface area contributed by atoms with Gasteiger partial charge in [-0.05, 0) is 24.0 Å². The summed E-state index contributed by atoms with van der Waals surface area (Å²) in [6.07, 6.45) is 8.04. The summed E-state index contributed by atoms with van der Waals surface area (Å²) >= 11 is 0. The van der Waals surface area contributed by atoms with Crippen molar-refractivity contribution in [3.8, 4) is 17.7 Å². The van der Waals surface area contributed by atoms with E-state index in [9.17, 15) is 4.79 Å². The second-order valence-electron chi connectivity index (χ2n) is 8.59. The minimum Gasteiger partial charge on any atom is -0.475 e. The number of hydrogen-bond donors (Lipinski definition) is 1. The highest BCUT2D eigenvalue weighted by molar-refractivity contribution is 5.77. The Morgan fingerprint density at radius 1 is 1.25 bits per heavy atom. The molecule has 2 aliphatic heterocycles. The predicted octanol–water partition coefficient (Wildman–Crippen LogP) is 3.51. The van der Waals surface area contributed by atoms with Crippen molar-refractivity contribution < 1.29 is 14.2 Å². The highest BCUT2D eigenvalue weighted by atomic mass is 16.6. The van der Waals surface area contributed by atoms with E-state index in [4.69, 9.17) is 14.2 Å². The number of benzene rings is 1. The molecule has 2 aromatic rings. The van der Waals surface area contributed by atoms with Crippen LogP contribution in [0.3, 0.4) is 0 Å². The number of ether oxygens (including phenoxy) is 3. The minimum atomic E-state index is -0.316. The number of fused-ring (bicyclic) bond motifs is 1. The summed E-state index contributed by atoms with van der Waals surface area (Å²) in [6, 6.07) is 12.1. The standard InChI is InChI=1S/C29H33N3O4/c1-2-24-13-10-16-32-27(19-28(31-29(32)33)36-22-25-21-34-17-18-35-25)26(24)14-8-3-4-9-15-30-20-23-11-6-5-7-12-23/h2,5-8,11-12,14,19,25,30H,1,3,10,13,15-18,20-22H2/b14-8-. The first-order valence-electron chi connectivity index (χ1n) is 12.4. The van der Waals surface area contributed by atoms with Gasteiger partial charge in [0.1, 0.15) is 12.7 Å². The summed E-state index contributed by atoms with van der Waals surface area (Å²) in [4.78, 5) is 17.0. The largest absolute Gasteiger partial charge is 0.475 e. The lowest BCUT2D eigenvalue weighted by Crippen LogP contribution is -2.34. The molecule has 0 radical (unpaired) electrons. The molecule has 1 atom stereocenters. The molecule has 1 fully saturated rings. The first-order chi connectivity index (χ1) is 17.7. The van der Waals surface area contributed by atoms with E-state index in [1.807, 2.05) is 42.5 Å². The van der Waals surface area contributed by atoms with Gasteiger partial charge in [-0.3, -0.25) is 4.57 Å². The lowest BCUT2D eigenvalue weighted by Gasteiger charge is -2.23. The van der Waals surface area contributed by atoms with Crippen molar-refractivity contribution in [3.63, 3.8) is 0 Å². The van der Waals surface area contributed by atoms with Crippen molar-refractivity contribution in [1.29, 1.82) is 0 Å². The molecule has 0 spiro atoms. The molecule has 7 heteroatoms. The van der Waals surface area contributed by atoms with E-state index >= 15 is 0 Å². The van der Waals surface area contributed by atoms with Crippen LogP contribution in [0.4, 0.5) is 0 Å². The summed E-state index contributed by atoms with van der Waals surface area (Å²) in [5, 5.41) is 3.33. The Balaban J connectivity index is 1.42. The molecule has 1 N–H and O–H groups in total. The van der Waals surface area contributed by atoms with Crippen LogP contribution in [0.2, 0.25) is 0 Å². The Morgan fingerprint density at radius 3 is 2.94 bits per heavy atom. The molecule has 4 rings (SSSR count). The normalized spacial score (nSPS) is 17.7. The zero-order chi connectivity index (χ0) is 25.0. The van der Waals surface area contributed by atoms with Crippen LogP contribution in [0.15, 0.2) is 71.6 Å². The number of rotatable bonds is 9. The molecule has 0 amide bonds. The number of aromatic nitrogens is 2. The van der Waals surface area contributed by atoms with Crippen LogP contribution in [-0.2, 0) is 22.6 Å². The van der Waals surface area contributed by atoms with Gasteiger partial charge in [0.05, 0.1) is 32.1 Å². The van der Waals surface area contributed by atoms with Gasteiger partial charge in [-0.2, -0.15) is 4.98 Å². The molecule has 0 aliphatic carbocycles. The smallest absolute Gasteiger partial charge is 0.351 e. The van der Waals surface area contributed by atoms with Crippen molar-refractivity contribution in [2.45, 2.75) is 38.5 Å². The van der Waals surface area contributed by atoms with Crippen molar-refractivity contribution in [2.75, 3.05) is 33.0 Å². The fourth-order valence-electron chi connectivity index (χ4n) is 4.18. The molecule has 2 aliphatic rings. The lowest BCUT2D eigenvalue weighted by atomic mass is 10.0. The minimum absolute atomic E-state index is 0.165. The molecular formula is C29H33N3O4. The van der Waals surface area contributed by atoms with Gasteiger partial charge in [0, 0.05) is 31.1 Å². The predicted molar refractivity (Wildman–Crippen MR) is 141 cm³/mol. The van der Waals surface area contributed by atoms with Crippen LogP contribution < -0.4 is 15.7 Å². The van der Waals surface area contributed by atoms with Gasteiger partial charge >= 0.3 is 5.69 Å². The fraction of sp³-hybridized carbons (Fsp3) is 0.379. The molecule has 1 saturated heterocycles. The number of nitrogens with one attached hydrogen (secondary N) is 1. The maximum absolute atomic E-state index is 12.8. The van der Waals surface area contributed by atoms with E-state index in [1.165, 1.54) is 5.56 Å². The Hall–Kier alpha value is -3.44. The van der Waals surface area contributed by atoms with Gasteiger partial charge in [0.2, 0.25) is 5.88 Å². The Labute approximate surface area is 212 Å². The topological polar surface area (TPSA) is 74.6 Å². The maximum atomic E-state index is 12.8. The van der Waals surface area contributed by atoms with Crippen LogP contribution in [-0.4, -0.2) is 48.6 Å². The molecule has 1 unspecified atom stereocenters. The van der Waals surface area contributed by atoms with Gasteiger partial charge in [-0.1, -0.05) is 67.0 Å². The van der Waals surface area contributed by atoms with Crippen LogP contribution in [0, 0.1) is 11.8 Å². The van der Waals surface area contributed by atoms with Gasteiger partial charge < -0.3 is 19.5 Å². The monoisotopic (exact) mass is 487 g/mol. The number of allylic oxidation sites excluding steroid dienone is 5. The fourth-order valence-corrected chi connectivity index (χ4v) is 4.18. The van der Waals surface area contributed by atoms with E-state index in [2.05, 4.69) is 40.9 Å². The van der Waals surface area contributed by atoms with Gasteiger partial charge in [-0.25, -0.2) is 4.79 Å². The summed E-state index contributed by atoms with van der Waals surface area (Å²) in [7, 11) is 0. The quantitative estimate of drug-likeness (QED) is 0.431.